The summed E-state index contributed by atoms with van der Waals surface area (Å²) in [7, 11) is 0. The number of aromatic nitrogens is 2. The highest BCUT2D eigenvalue weighted by Gasteiger charge is 2.12. The number of benzene rings is 2. The number of hydrogen-bond acceptors (Lipinski definition) is 1. The van der Waals surface area contributed by atoms with E-state index in [4.69, 9.17) is 4.98 Å². The Morgan fingerprint density at radius 2 is 1.74 bits per heavy atom. The first-order valence-electron chi connectivity index (χ1n) is 7.95. The van der Waals surface area contributed by atoms with Gasteiger partial charge in [-0.15, -0.1) is 0 Å². The Bertz CT molecular complexity index is 760. The first kappa shape index (κ1) is 16.0. The molecule has 3 aromatic rings. The molecule has 1 aromatic heterocycles. The molecule has 0 aliphatic heterocycles. The minimum Gasteiger partial charge on any atom is -0.346 e. The fraction of sp³-hybridized carbons (Fsp3) is 0.250. The zero-order valence-corrected chi connectivity index (χ0v) is 15.1. The zero-order chi connectivity index (χ0) is 16.2. The fourth-order valence-corrected chi connectivity index (χ4v) is 3.08. The largest absolute Gasteiger partial charge is 0.346 e. The maximum absolute atomic E-state index is 4.83. The van der Waals surface area contributed by atoms with Gasteiger partial charge in [-0.2, -0.15) is 0 Å². The first-order chi connectivity index (χ1) is 11.1. The van der Waals surface area contributed by atoms with Crippen LogP contribution in [0, 0.1) is 6.92 Å². The van der Waals surface area contributed by atoms with Crippen molar-refractivity contribution in [3.63, 3.8) is 0 Å². The number of hydrogen-bond donors (Lipinski definition) is 1. The molecule has 23 heavy (non-hydrogen) atoms. The van der Waals surface area contributed by atoms with E-state index in [0.717, 1.165) is 28.8 Å². The number of aromatic amines is 1. The minimum atomic E-state index is 0.460. The Hall–Kier alpha value is -1.87. The van der Waals surface area contributed by atoms with Gasteiger partial charge in [-0.3, -0.25) is 0 Å². The van der Waals surface area contributed by atoms with Gasteiger partial charge in [-0.1, -0.05) is 65.3 Å². The van der Waals surface area contributed by atoms with Crippen LogP contribution in [-0.4, -0.2) is 9.97 Å². The van der Waals surface area contributed by atoms with Gasteiger partial charge in [0, 0.05) is 23.0 Å². The predicted molar refractivity (Wildman–Crippen MR) is 98.8 cm³/mol. The van der Waals surface area contributed by atoms with Gasteiger partial charge in [0.25, 0.3) is 0 Å². The van der Waals surface area contributed by atoms with E-state index in [9.17, 15) is 0 Å². The third-order valence-corrected chi connectivity index (χ3v) is 4.72. The van der Waals surface area contributed by atoms with Gasteiger partial charge in [-0.05, 0) is 36.1 Å². The molecule has 0 saturated carbocycles. The van der Waals surface area contributed by atoms with E-state index in [1.54, 1.807) is 0 Å². The molecule has 1 N–H and O–H groups in total. The molecule has 0 spiro atoms. The van der Waals surface area contributed by atoms with Gasteiger partial charge in [0.15, 0.2) is 0 Å². The second-order valence-electron chi connectivity index (χ2n) is 6.07. The maximum Gasteiger partial charge on any atom is 0.107 e. The highest BCUT2D eigenvalue weighted by Crippen LogP contribution is 2.21. The molecule has 1 atom stereocenters. The highest BCUT2D eigenvalue weighted by molar-refractivity contribution is 9.10. The molecule has 0 bridgehead atoms. The van der Waals surface area contributed by atoms with Crippen LogP contribution < -0.4 is 0 Å². The molecule has 0 fully saturated rings. The number of nitrogens with zero attached hydrogens (tertiary/aromatic N) is 1. The summed E-state index contributed by atoms with van der Waals surface area (Å²) in [5.41, 5.74) is 4.95. The second kappa shape index (κ2) is 7.14. The van der Waals surface area contributed by atoms with Crippen molar-refractivity contribution in [3.05, 3.63) is 87.4 Å². The van der Waals surface area contributed by atoms with Gasteiger partial charge in [0.05, 0.1) is 5.69 Å². The predicted octanol–water partition coefficient (Wildman–Crippen LogP) is 5.42. The van der Waals surface area contributed by atoms with Crippen LogP contribution in [0.25, 0.3) is 0 Å². The van der Waals surface area contributed by atoms with Crippen molar-refractivity contribution < 1.29 is 0 Å². The molecular formula is C20H21BrN2. The van der Waals surface area contributed by atoms with Crippen LogP contribution in [0.15, 0.2) is 59.1 Å². The Labute approximate surface area is 146 Å². The van der Waals surface area contributed by atoms with Crippen molar-refractivity contribution >= 4 is 15.9 Å². The molecule has 0 amide bonds. The van der Waals surface area contributed by atoms with Crippen LogP contribution in [-0.2, 0) is 12.8 Å². The van der Waals surface area contributed by atoms with Crippen molar-refractivity contribution in [3.8, 4) is 0 Å². The van der Waals surface area contributed by atoms with E-state index in [1.807, 2.05) is 0 Å². The SMILES string of the molecule is Cc1[nH]c(CC(C)c2ccccc2)nc1Cc1ccc(Br)cc1. The number of imidazole rings is 1. The lowest BCUT2D eigenvalue weighted by Gasteiger charge is -2.09. The lowest BCUT2D eigenvalue weighted by molar-refractivity contribution is 0.724. The van der Waals surface area contributed by atoms with E-state index >= 15 is 0 Å². The highest BCUT2D eigenvalue weighted by atomic mass is 79.9. The average Bonchev–Trinajstić information content (AvgIpc) is 2.90. The standard InChI is InChI=1S/C20H21BrN2/c1-14(17-6-4-3-5-7-17)12-20-22-15(2)19(23-20)13-16-8-10-18(21)11-9-16/h3-11,14H,12-13H2,1-2H3,(H,22,23). The van der Waals surface area contributed by atoms with Crippen LogP contribution in [0.3, 0.4) is 0 Å². The molecule has 2 nitrogen and oxygen atoms in total. The van der Waals surface area contributed by atoms with Gasteiger partial charge < -0.3 is 4.98 Å². The topological polar surface area (TPSA) is 28.7 Å². The molecule has 0 saturated heterocycles. The summed E-state index contributed by atoms with van der Waals surface area (Å²) in [6.07, 6.45) is 1.81. The third kappa shape index (κ3) is 4.11. The quantitative estimate of drug-likeness (QED) is 0.639. The summed E-state index contributed by atoms with van der Waals surface area (Å²) >= 11 is 3.48. The van der Waals surface area contributed by atoms with E-state index in [0.29, 0.717) is 5.92 Å². The van der Waals surface area contributed by atoms with Gasteiger partial charge in [0.2, 0.25) is 0 Å². The summed E-state index contributed by atoms with van der Waals surface area (Å²) in [4.78, 5) is 8.28. The molecule has 0 radical (unpaired) electrons. The number of aryl methyl sites for hydroxylation is 1. The maximum atomic E-state index is 4.83. The van der Waals surface area contributed by atoms with Gasteiger partial charge in [-0.25, -0.2) is 4.98 Å². The summed E-state index contributed by atoms with van der Waals surface area (Å²) in [6, 6.07) is 19.1. The monoisotopic (exact) mass is 368 g/mol. The van der Waals surface area contributed by atoms with E-state index in [1.165, 1.54) is 16.8 Å². The van der Waals surface area contributed by atoms with E-state index in [2.05, 4.69) is 89.4 Å². The smallest absolute Gasteiger partial charge is 0.107 e. The molecule has 0 aliphatic rings. The van der Waals surface area contributed by atoms with Crippen molar-refractivity contribution in [2.24, 2.45) is 0 Å². The normalized spacial score (nSPS) is 12.3. The number of nitrogens with one attached hydrogen (secondary N) is 1. The first-order valence-corrected chi connectivity index (χ1v) is 8.75. The van der Waals surface area contributed by atoms with Crippen molar-refractivity contribution in [2.45, 2.75) is 32.6 Å². The van der Waals surface area contributed by atoms with Crippen LogP contribution in [0.5, 0.6) is 0 Å². The summed E-state index contributed by atoms with van der Waals surface area (Å²) in [5.74, 6) is 1.54. The Kier molecular flexibility index (Phi) is 4.97. The molecule has 3 rings (SSSR count). The van der Waals surface area contributed by atoms with Crippen molar-refractivity contribution in [1.29, 1.82) is 0 Å². The van der Waals surface area contributed by atoms with Crippen molar-refractivity contribution in [2.75, 3.05) is 0 Å². The minimum absolute atomic E-state index is 0.460. The summed E-state index contributed by atoms with van der Waals surface area (Å²) in [6.45, 7) is 4.36. The summed E-state index contributed by atoms with van der Waals surface area (Å²) in [5, 5.41) is 0. The van der Waals surface area contributed by atoms with Crippen LogP contribution >= 0.6 is 15.9 Å². The molecule has 1 heterocycles. The van der Waals surface area contributed by atoms with E-state index in [-0.39, 0.29) is 0 Å². The lowest BCUT2D eigenvalue weighted by atomic mass is 9.98. The Morgan fingerprint density at radius 3 is 2.43 bits per heavy atom. The van der Waals surface area contributed by atoms with Gasteiger partial charge in [0.1, 0.15) is 5.82 Å². The molecule has 2 aromatic carbocycles. The Balaban J connectivity index is 1.72. The van der Waals surface area contributed by atoms with Crippen LogP contribution in [0.4, 0.5) is 0 Å². The molecule has 0 aliphatic carbocycles. The average molecular weight is 369 g/mol. The number of H-pyrrole nitrogens is 1. The van der Waals surface area contributed by atoms with Crippen LogP contribution in [0.2, 0.25) is 0 Å². The Morgan fingerprint density at radius 1 is 1.04 bits per heavy atom. The van der Waals surface area contributed by atoms with Crippen LogP contribution in [0.1, 0.15) is 41.2 Å². The number of halogens is 1. The number of rotatable bonds is 5. The molecule has 1 unspecified atom stereocenters. The summed E-state index contributed by atoms with van der Waals surface area (Å²) < 4.78 is 1.11. The second-order valence-corrected chi connectivity index (χ2v) is 6.99. The lowest BCUT2D eigenvalue weighted by Crippen LogP contribution is -2.00. The zero-order valence-electron chi connectivity index (χ0n) is 13.5. The third-order valence-electron chi connectivity index (χ3n) is 4.19. The molecular weight excluding hydrogens is 348 g/mol. The van der Waals surface area contributed by atoms with E-state index < -0.39 is 0 Å². The van der Waals surface area contributed by atoms with Gasteiger partial charge >= 0.3 is 0 Å². The fourth-order valence-electron chi connectivity index (χ4n) is 2.82. The molecule has 118 valence electrons. The molecule has 3 heteroatoms. The van der Waals surface area contributed by atoms with Crippen molar-refractivity contribution in [1.82, 2.24) is 9.97 Å².